The van der Waals surface area contributed by atoms with Gasteiger partial charge in [-0.25, -0.2) is 13.1 Å². The van der Waals surface area contributed by atoms with Gasteiger partial charge in [0.1, 0.15) is 12.4 Å². The summed E-state index contributed by atoms with van der Waals surface area (Å²) >= 11 is 1.07. The molecule has 0 amide bonds. The smallest absolute Gasteiger partial charge is 0.308 e. The number of para-hydroxylation sites is 1. The maximum Gasteiger partial charge on any atom is 0.308 e. The molecule has 3 rings (SSSR count). The van der Waals surface area contributed by atoms with Gasteiger partial charge < -0.3 is 4.74 Å². The highest BCUT2D eigenvalue weighted by molar-refractivity contribution is 7.89. The Morgan fingerprint density at radius 1 is 1.17 bits per heavy atom. The molecule has 0 atom stereocenters. The van der Waals surface area contributed by atoms with E-state index in [4.69, 9.17) is 4.74 Å². The molecule has 0 bridgehead atoms. The first kappa shape index (κ1) is 21.5. The van der Waals surface area contributed by atoms with Crippen LogP contribution in [0.4, 0.5) is 0 Å². The maximum atomic E-state index is 12.6. The molecule has 6 nitrogen and oxygen atoms in total. The van der Waals surface area contributed by atoms with Gasteiger partial charge in [0.15, 0.2) is 0 Å². The highest BCUT2D eigenvalue weighted by Crippen LogP contribution is 2.26. The number of nitrogens with one attached hydrogen (secondary N) is 1. The van der Waals surface area contributed by atoms with Crippen molar-refractivity contribution in [2.24, 2.45) is 0 Å². The van der Waals surface area contributed by atoms with Crippen molar-refractivity contribution in [2.75, 3.05) is 13.2 Å². The monoisotopic (exact) mass is 434 g/mol. The molecule has 3 aromatic rings. The lowest BCUT2D eigenvalue weighted by atomic mass is 10.0. The zero-order valence-corrected chi connectivity index (χ0v) is 18.5. The van der Waals surface area contributed by atoms with Gasteiger partial charge in [0, 0.05) is 13.1 Å². The average molecular weight is 435 g/mol. The van der Waals surface area contributed by atoms with Gasteiger partial charge in [-0.2, -0.15) is 0 Å². The molecule has 0 saturated heterocycles. The van der Waals surface area contributed by atoms with Crippen molar-refractivity contribution in [3.63, 3.8) is 0 Å². The SMILES string of the molecule is CCCn1c(=O)sc2cc(S(=O)(=O)NCCOc3ccccc3C(C)C)ccc21. The van der Waals surface area contributed by atoms with Crippen molar-refractivity contribution in [3.05, 3.63) is 57.7 Å². The molecule has 1 aromatic heterocycles. The van der Waals surface area contributed by atoms with E-state index in [1.54, 1.807) is 16.7 Å². The van der Waals surface area contributed by atoms with Crippen molar-refractivity contribution in [2.45, 2.75) is 44.6 Å². The largest absolute Gasteiger partial charge is 0.492 e. The molecule has 29 heavy (non-hydrogen) atoms. The Morgan fingerprint density at radius 2 is 1.93 bits per heavy atom. The summed E-state index contributed by atoms with van der Waals surface area (Å²) in [4.78, 5) is 12.2. The molecule has 8 heteroatoms. The van der Waals surface area contributed by atoms with Gasteiger partial charge in [0.25, 0.3) is 0 Å². The third kappa shape index (κ3) is 4.88. The molecule has 2 aromatic carbocycles. The normalized spacial score (nSPS) is 12.0. The molecule has 0 aliphatic carbocycles. The van der Waals surface area contributed by atoms with Gasteiger partial charge in [0.05, 0.1) is 15.1 Å². The van der Waals surface area contributed by atoms with Crippen molar-refractivity contribution in [1.29, 1.82) is 0 Å². The first-order chi connectivity index (χ1) is 13.8. The summed E-state index contributed by atoms with van der Waals surface area (Å²) in [6.45, 7) is 7.18. The summed E-state index contributed by atoms with van der Waals surface area (Å²) in [5.74, 6) is 1.09. The minimum atomic E-state index is -3.68. The molecule has 1 N–H and O–H groups in total. The van der Waals surface area contributed by atoms with Crippen molar-refractivity contribution < 1.29 is 13.2 Å². The molecule has 0 unspecified atom stereocenters. The minimum absolute atomic E-state index is 0.0680. The summed E-state index contributed by atoms with van der Waals surface area (Å²) in [5, 5.41) is 0. The van der Waals surface area contributed by atoms with Gasteiger partial charge >= 0.3 is 4.87 Å². The van der Waals surface area contributed by atoms with E-state index in [-0.39, 0.29) is 22.9 Å². The number of aryl methyl sites for hydroxylation is 1. The van der Waals surface area contributed by atoms with E-state index in [0.29, 0.717) is 17.2 Å². The standard InChI is InChI=1S/C21H26N2O4S2/c1-4-12-23-18-10-9-16(14-20(18)28-21(23)24)29(25,26)22-11-13-27-19-8-6-5-7-17(19)15(2)3/h5-10,14-15,22H,4,11-13H2,1-3H3. The predicted octanol–water partition coefficient (Wildman–Crippen LogP) is 3.95. The van der Waals surface area contributed by atoms with E-state index in [0.717, 1.165) is 34.6 Å². The quantitative estimate of drug-likeness (QED) is 0.517. The van der Waals surface area contributed by atoms with Gasteiger partial charge in [-0.1, -0.05) is 50.3 Å². The third-order valence-electron chi connectivity index (χ3n) is 4.59. The molecule has 0 saturated carbocycles. The Bertz CT molecular complexity index is 1150. The van der Waals surface area contributed by atoms with E-state index in [1.165, 1.54) is 6.07 Å². The van der Waals surface area contributed by atoms with Crippen LogP contribution in [0.5, 0.6) is 5.75 Å². The number of thiazole rings is 1. The molecule has 0 fully saturated rings. The van der Waals surface area contributed by atoms with Gasteiger partial charge in [-0.05, 0) is 42.2 Å². The van der Waals surface area contributed by atoms with E-state index in [1.807, 2.05) is 31.2 Å². The second-order valence-electron chi connectivity index (χ2n) is 7.09. The van der Waals surface area contributed by atoms with Crippen LogP contribution in [-0.4, -0.2) is 26.1 Å². The summed E-state index contributed by atoms with van der Waals surface area (Å²) in [5.41, 5.74) is 1.86. The van der Waals surface area contributed by atoms with E-state index < -0.39 is 10.0 Å². The lowest BCUT2D eigenvalue weighted by Gasteiger charge is -2.14. The average Bonchev–Trinajstić information content (AvgIpc) is 3.00. The van der Waals surface area contributed by atoms with E-state index in [2.05, 4.69) is 18.6 Å². The first-order valence-corrected chi connectivity index (χ1v) is 12.0. The highest BCUT2D eigenvalue weighted by atomic mass is 32.2. The van der Waals surface area contributed by atoms with Crippen LogP contribution in [0.25, 0.3) is 10.2 Å². The lowest BCUT2D eigenvalue weighted by molar-refractivity contribution is 0.318. The number of fused-ring (bicyclic) bond motifs is 1. The van der Waals surface area contributed by atoms with E-state index in [9.17, 15) is 13.2 Å². The second kappa shape index (κ2) is 9.11. The van der Waals surface area contributed by atoms with Crippen LogP contribution in [0.2, 0.25) is 0 Å². The fourth-order valence-electron chi connectivity index (χ4n) is 3.16. The number of benzene rings is 2. The second-order valence-corrected chi connectivity index (χ2v) is 9.85. The van der Waals surface area contributed by atoms with Crippen molar-refractivity contribution in [3.8, 4) is 5.75 Å². The Morgan fingerprint density at radius 3 is 2.66 bits per heavy atom. The van der Waals surface area contributed by atoms with Crippen LogP contribution in [0.15, 0.2) is 52.2 Å². The predicted molar refractivity (Wildman–Crippen MR) is 118 cm³/mol. The van der Waals surface area contributed by atoms with Crippen LogP contribution in [0, 0.1) is 0 Å². The molecule has 0 aliphatic heterocycles. The summed E-state index contributed by atoms with van der Waals surface area (Å²) < 4.78 is 36.0. The Kier molecular flexibility index (Phi) is 6.77. The topological polar surface area (TPSA) is 77.4 Å². The maximum absolute atomic E-state index is 12.6. The number of ether oxygens (including phenoxy) is 1. The number of aromatic nitrogens is 1. The zero-order valence-electron chi connectivity index (χ0n) is 16.8. The summed E-state index contributed by atoms with van der Waals surface area (Å²) in [7, 11) is -3.68. The van der Waals surface area contributed by atoms with Crippen LogP contribution >= 0.6 is 11.3 Å². The molecule has 0 spiro atoms. The first-order valence-electron chi connectivity index (χ1n) is 9.68. The molecule has 0 radical (unpaired) electrons. The highest BCUT2D eigenvalue weighted by Gasteiger charge is 2.16. The minimum Gasteiger partial charge on any atom is -0.492 e. The summed E-state index contributed by atoms with van der Waals surface area (Å²) in [6.07, 6.45) is 0.841. The Labute approximate surface area is 175 Å². The van der Waals surface area contributed by atoms with Crippen molar-refractivity contribution in [1.82, 2.24) is 9.29 Å². The number of hydrogen-bond donors (Lipinski definition) is 1. The fraction of sp³-hybridized carbons (Fsp3) is 0.381. The fourth-order valence-corrected chi connectivity index (χ4v) is 5.23. The lowest BCUT2D eigenvalue weighted by Crippen LogP contribution is -2.28. The van der Waals surface area contributed by atoms with E-state index >= 15 is 0 Å². The Balaban J connectivity index is 1.68. The van der Waals surface area contributed by atoms with Gasteiger partial charge in [-0.3, -0.25) is 9.36 Å². The van der Waals surface area contributed by atoms with Gasteiger partial charge in [-0.15, -0.1) is 0 Å². The molecular weight excluding hydrogens is 408 g/mol. The number of sulfonamides is 1. The molecule has 156 valence electrons. The number of hydrogen-bond acceptors (Lipinski definition) is 5. The van der Waals surface area contributed by atoms with Crippen LogP contribution in [-0.2, 0) is 16.6 Å². The molecular formula is C21H26N2O4S2. The summed E-state index contributed by atoms with van der Waals surface area (Å²) in [6, 6.07) is 12.6. The van der Waals surface area contributed by atoms with Crippen molar-refractivity contribution >= 4 is 31.6 Å². The third-order valence-corrected chi connectivity index (χ3v) is 6.99. The zero-order chi connectivity index (χ0) is 21.0. The Hall–Kier alpha value is -2.16. The molecule has 1 heterocycles. The van der Waals surface area contributed by atoms with Crippen LogP contribution in [0.3, 0.4) is 0 Å². The molecule has 0 aliphatic rings. The van der Waals surface area contributed by atoms with Crippen LogP contribution < -0.4 is 14.3 Å². The van der Waals surface area contributed by atoms with Crippen LogP contribution in [0.1, 0.15) is 38.7 Å². The van der Waals surface area contributed by atoms with Gasteiger partial charge in [0.2, 0.25) is 10.0 Å². The number of nitrogens with zero attached hydrogens (tertiary/aromatic N) is 1. The number of rotatable bonds is 9.